The second-order valence-electron chi connectivity index (χ2n) is 5.77. The van der Waals surface area contributed by atoms with Gasteiger partial charge in [-0.05, 0) is 30.0 Å². The molecule has 0 fully saturated rings. The Labute approximate surface area is 151 Å². The van der Waals surface area contributed by atoms with Gasteiger partial charge in [-0.1, -0.05) is 44.2 Å². The van der Waals surface area contributed by atoms with Gasteiger partial charge in [0.25, 0.3) is 0 Å². The first kappa shape index (κ1) is 19.5. The number of benzene rings is 1. The minimum Gasteiger partial charge on any atom is -0.300 e. The van der Waals surface area contributed by atoms with Crippen molar-refractivity contribution in [1.82, 2.24) is 14.9 Å². The molecule has 25 heavy (non-hydrogen) atoms. The van der Waals surface area contributed by atoms with Crippen molar-refractivity contribution in [3.8, 4) is 0 Å². The van der Waals surface area contributed by atoms with Crippen molar-refractivity contribution >= 4 is 32.4 Å². The average molecular weight is 383 g/mol. The van der Waals surface area contributed by atoms with Crippen molar-refractivity contribution in [2.24, 2.45) is 0 Å². The van der Waals surface area contributed by atoms with E-state index >= 15 is 0 Å². The van der Waals surface area contributed by atoms with Crippen molar-refractivity contribution in [3.63, 3.8) is 0 Å². The molecule has 1 heterocycles. The normalized spacial score (nSPS) is 11.7. The molecule has 9 heteroatoms. The average Bonchev–Trinajstić information content (AvgIpc) is 3.02. The molecule has 2 rings (SSSR count). The molecule has 136 valence electrons. The smallest absolute Gasteiger partial charge is 0.240 e. The molecule has 7 nitrogen and oxygen atoms in total. The molecular weight excluding hydrogens is 360 g/mol. The van der Waals surface area contributed by atoms with Crippen LogP contribution in [0.4, 0.5) is 5.13 Å². The van der Waals surface area contributed by atoms with Gasteiger partial charge in [0, 0.05) is 13.0 Å². The molecular formula is C16H22N4O3S2. The number of aromatic nitrogens is 2. The molecule has 0 aliphatic rings. The van der Waals surface area contributed by atoms with E-state index in [0.29, 0.717) is 11.0 Å². The predicted molar refractivity (Wildman–Crippen MR) is 98.3 cm³/mol. The van der Waals surface area contributed by atoms with Crippen molar-refractivity contribution in [2.45, 2.75) is 44.4 Å². The fourth-order valence-electron chi connectivity index (χ4n) is 2.04. The number of aryl methyl sites for hydroxylation is 1. The van der Waals surface area contributed by atoms with Crippen molar-refractivity contribution in [2.75, 3.05) is 11.9 Å². The van der Waals surface area contributed by atoms with Gasteiger partial charge in [-0.3, -0.25) is 4.79 Å². The molecule has 0 unspecified atom stereocenters. The summed E-state index contributed by atoms with van der Waals surface area (Å²) in [6.07, 6.45) is 0.771. The van der Waals surface area contributed by atoms with E-state index in [-0.39, 0.29) is 23.8 Å². The lowest BCUT2D eigenvalue weighted by atomic mass is 10.0. The number of hydrogen-bond acceptors (Lipinski definition) is 6. The number of carbonyl (C=O) groups is 1. The Bertz CT molecular complexity index is 814. The first-order valence-corrected chi connectivity index (χ1v) is 10.3. The predicted octanol–water partition coefficient (Wildman–Crippen LogP) is 2.53. The summed E-state index contributed by atoms with van der Waals surface area (Å²) in [5, 5.41) is 11.6. The number of carbonyl (C=O) groups excluding carboxylic acids is 1. The van der Waals surface area contributed by atoms with E-state index in [2.05, 4.69) is 20.2 Å². The Morgan fingerprint density at radius 2 is 1.88 bits per heavy atom. The maximum Gasteiger partial charge on any atom is 0.240 e. The highest BCUT2D eigenvalue weighted by molar-refractivity contribution is 7.89. The van der Waals surface area contributed by atoms with Gasteiger partial charge in [-0.25, -0.2) is 13.1 Å². The largest absolute Gasteiger partial charge is 0.300 e. The second-order valence-corrected chi connectivity index (χ2v) is 8.60. The quantitative estimate of drug-likeness (QED) is 0.730. The Balaban J connectivity index is 1.85. The zero-order valence-corrected chi connectivity index (χ0v) is 16.1. The Morgan fingerprint density at radius 1 is 1.20 bits per heavy atom. The van der Waals surface area contributed by atoms with Crippen LogP contribution >= 0.6 is 11.3 Å². The molecule has 0 aliphatic heterocycles. The molecule has 0 spiro atoms. The van der Waals surface area contributed by atoms with Crippen molar-refractivity contribution < 1.29 is 13.2 Å². The molecule has 1 amide bonds. The Kier molecular flexibility index (Phi) is 6.63. The second kappa shape index (κ2) is 8.50. The minimum atomic E-state index is -3.63. The van der Waals surface area contributed by atoms with Crippen LogP contribution in [-0.2, 0) is 21.2 Å². The first-order valence-electron chi connectivity index (χ1n) is 8.03. The van der Waals surface area contributed by atoms with E-state index in [9.17, 15) is 13.2 Å². The lowest BCUT2D eigenvalue weighted by Crippen LogP contribution is -2.27. The van der Waals surface area contributed by atoms with Gasteiger partial charge in [0.1, 0.15) is 5.01 Å². The molecule has 2 aromatic rings. The van der Waals surface area contributed by atoms with Crippen LogP contribution in [0.15, 0.2) is 29.2 Å². The molecule has 0 saturated heterocycles. The molecule has 1 aromatic carbocycles. The van der Waals surface area contributed by atoms with Crippen LogP contribution in [-0.4, -0.2) is 31.1 Å². The Hall–Kier alpha value is -1.84. The standard InChI is InChI=1S/C16H22N4O3S2/c1-4-15-19-20-16(24-15)18-14(21)9-10-17-25(22,23)13-7-5-12(6-8-13)11(2)3/h5-8,11,17H,4,9-10H2,1-3H3,(H,18,20,21). The third kappa shape index (κ3) is 5.58. The number of amides is 1. The summed E-state index contributed by atoms with van der Waals surface area (Å²) in [4.78, 5) is 12.0. The van der Waals surface area contributed by atoms with Gasteiger partial charge in [0.05, 0.1) is 4.90 Å². The van der Waals surface area contributed by atoms with E-state index in [1.54, 1.807) is 24.3 Å². The maximum absolute atomic E-state index is 12.2. The zero-order valence-electron chi connectivity index (χ0n) is 14.4. The van der Waals surface area contributed by atoms with Crippen LogP contribution in [0.2, 0.25) is 0 Å². The number of sulfonamides is 1. The highest BCUT2D eigenvalue weighted by Gasteiger charge is 2.15. The van der Waals surface area contributed by atoms with Gasteiger partial charge in [0.15, 0.2) is 0 Å². The fraction of sp³-hybridized carbons (Fsp3) is 0.438. The van der Waals surface area contributed by atoms with Crippen LogP contribution in [0, 0.1) is 0 Å². The lowest BCUT2D eigenvalue weighted by molar-refractivity contribution is -0.116. The van der Waals surface area contributed by atoms with Crippen LogP contribution in [0.1, 0.15) is 43.7 Å². The number of anilines is 1. The summed E-state index contributed by atoms with van der Waals surface area (Å²) in [6.45, 7) is 6.05. The molecule has 1 aromatic heterocycles. The summed E-state index contributed by atoms with van der Waals surface area (Å²) in [6, 6.07) is 6.75. The van der Waals surface area contributed by atoms with Gasteiger partial charge in [0.2, 0.25) is 21.1 Å². The van der Waals surface area contributed by atoms with Crippen molar-refractivity contribution in [3.05, 3.63) is 34.8 Å². The minimum absolute atomic E-state index is 0.0134. The summed E-state index contributed by atoms with van der Waals surface area (Å²) < 4.78 is 26.9. The van der Waals surface area contributed by atoms with Crippen LogP contribution in [0.3, 0.4) is 0 Å². The number of nitrogens with zero attached hydrogens (tertiary/aromatic N) is 2. The van der Waals surface area contributed by atoms with E-state index in [1.165, 1.54) is 11.3 Å². The van der Waals surface area contributed by atoms with Crippen LogP contribution < -0.4 is 10.0 Å². The lowest BCUT2D eigenvalue weighted by Gasteiger charge is -2.09. The summed E-state index contributed by atoms with van der Waals surface area (Å²) in [5.41, 5.74) is 1.07. The van der Waals surface area contributed by atoms with Gasteiger partial charge < -0.3 is 5.32 Å². The molecule has 0 saturated carbocycles. The Morgan fingerprint density at radius 3 is 2.44 bits per heavy atom. The van der Waals surface area contributed by atoms with Crippen LogP contribution in [0.25, 0.3) is 0 Å². The number of rotatable bonds is 8. The molecule has 2 N–H and O–H groups in total. The van der Waals surface area contributed by atoms with Gasteiger partial charge in [-0.15, -0.1) is 10.2 Å². The monoisotopic (exact) mass is 382 g/mol. The first-order chi connectivity index (χ1) is 11.8. The fourth-order valence-corrected chi connectivity index (χ4v) is 3.77. The van der Waals surface area contributed by atoms with Gasteiger partial charge in [-0.2, -0.15) is 0 Å². The van der Waals surface area contributed by atoms with E-state index in [0.717, 1.165) is 17.0 Å². The third-order valence-corrected chi connectivity index (χ3v) is 5.98. The van der Waals surface area contributed by atoms with E-state index in [4.69, 9.17) is 0 Å². The number of hydrogen-bond donors (Lipinski definition) is 2. The highest BCUT2D eigenvalue weighted by Crippen LogP contribution is 2.17. The molecule has 0 radical (unpaired) electrons. The summed E-state index contributed by atoms with van der Waals surface area (Å²) >= 11 is 1.31. The highest BCUT2D eigenvalue weighted by atomic mass is 32.2. The number of nitrogens with one attached hydrogen (secondary N) is 2. The third-order valence-electron chi connectivity index (χ3n) is 3.52. The SMILES string of the molecule is CCc1nnc(NC(=O)CCNS(=O)(=O)c2ccc(C(C)C)cc2)s1. The summed E-state index contributed by atoms with van der Waals surface area (Å²) in [7, 11) is -3.63. The van der Waals surface area contributed by atoms with E-state index < -0.39 is 10.0 Å². The zero-order chi connectivity index (χ0) is 18.4. The molecule has 0 atom stereocenters. The van der Waals surface area contributed by atoms with E-state index in [1.807, 2.05) is 20.8 Å². The summed E-state index contributed by atoms with van der Waals surface area (Å²) in [5.74, 6) is 0.0265. The van der Waals surface area contributed by atoms with Gasteiger partial charge >= 0.3 is 0 Å². The topological polar surface area (TPSA) is 101 Å². The molecule has 0 bridgehead atoms. The molecule has 0 aliphatic carbocycles. The van der Waals surface area contributed by atoms with Crippen molar-refractivity contribution in [1.29, 1.82) is 0 Å². The van der Waals surface area contributed by atoms with Crippen LogP contribution in [0.5, 0.6) is 0 Å². The maximum atomic E-state index is 12.2.